The first-order valence-electron chi connectivity index (χ1n) is 15.6. The fraction of sp³-hybridized carbons (Fsp3) is 0.647. The molecule has 43 heavy (non-hydrogen) atoms. The minimum atomic E-state index is -4.25. The predicted molar refractivity (Wildman–Crippen MR) is 167 cm³/mol. The van der Waals surface area contributed by atoms with Gasteiger partial charge in [-0.25, -0.2) is 4.39 Å². The van der Waals surface area contributed by atoms with Crippen molar-refractivity contribution in [1.82, 2.24) is 4.90 Å². The molecule has 0 radical (unpaired) electrons. The molecule has 2 fully saturated rings. The smallest absolute Gasteiger partial charge is 0.397 e. The number of carbonyl (C=O) groups is 1. The molecular weight excluding hydrogens is 558 g/mol. The van der Waals surface area contributed by atoms with Crippen LogP contribution in [0.15, 0.2) is 46.7 Å². The van der Waals surface area contributed by atoms with Crippen LogP contribution in [0.4, 0.5) is 17.6 Å². The third kappa shape index (κ3) is 10.2. The number of allylic oxidation sites excluding steroid dienone is 1. The lowest BCUT2D eigenvalue weighted by Crippen LogP contribution is -2.45. The molecule has 0 aromatic heterocycles. The van der Waals surface area contributed by atoms with E-state index >= 15 is 0 Å². The number of likely N-dealkylation sites (tertiary alicyclic amines) is 1. The van der Waals surface area contributed by atoms with Crippen LogP contribution in [0.25, 0.3) is 0 Å². The van der Waals surface area contributed by atoms with Gasteiger partial charge in [-0.15, -0.1) is 0 Å². The third-order valence-corrected chi connectivity index (χ3v) is 8.70. The number of rotatable bonds is 11. The van der Waals surface area contributed by atoms with Crippen LogP contribution in [-0.4, -0.2) is 53.4 Å². The summed E-state index contributed by atoms with van der Waals surface area (Å²) < 4.78 is 51.7. The van der Waals surface area contributed by atoms with Crippen LogP contribution in [0.5, 0.6) is 0 Å². The summed E-state index contributed by atoms with van der Waals surface area (Å²) in [5, 5.41) is 10.0. The number of benzene rings is 1. The quantitative estimate of drug-likeness (QED) is 0.249. The summed E-state index contributed by atoms with van der Waals surface area (Å²) in [5.74, 6) is 0.563. The molecule has 1 saturated carbocycles. The zero-order valence-electron chi connectivity index (χ0n) is 26.6. The summed E-state index contributed by atoms with van der Waals surface area (Å²) in [6.07, 6.45) is 3.36. The lowest BCUT2D eigenvalue weighted by atomic mass is 9.85. The molecule has 3 N–H and O–H groups in total. The fourth-order valence-electron chi connectivity index (χ4n) is 6.02. The highest BCUT2D eigenvalue weighted by Gasteiger charge is 2.35. The average Bonchev–Trinajstić information content (AvgIpc) is 3.33. The molecule has 0 bridgehead atoms. The molecule has 9 heteroatoms. The second kappa shape index (κ2) is 16.4. The van der Waals surface area contributed by atoms with Gasteiger partial charge in [-0.1, -0.05) is 58.7 Å². The van der Waals surface area contributed by atoms with Gasteiger partial charge in [0.1, 0.15) is 6.67 Å². The Morgan fingerprint density at radius 2 is 1.86 bits per heavy atom. The molecule has 5 nitrogen and oxygen atoms in total. The number of aliphatic imine (C=N–C) groups is 1. The lowest BCUT2D eigenvalue weighted by Gasteiger charge is -2.39. The van der Waals surface area contributed by atoms with Gasteiger partial charge in [0, 0.05) is 24.4 Å². The van der Waals surface area contributed by atoms with E-state index in [0.29, 0.717) is 42.9 Å². The second-order valence-electron chi connectivity index (χ2n) is 12.2. The average molecular weight is 610 g/mol. The molecule has 1 heterocycles. The Balaban J connectivity index is 0.000000309. The van der Waals surface area contributed by atoms with Gasteiger partial charge in [0.2, 0.25) is 0 Å². The highest BCUT2D eigenvalue weighted by molar-refractivity contribution is 6.04. The van der Waals surface area contributed by atoms with Crippen molar-refractivity contribution in [3.63, 3.8) is 0 Å². The number of aliphatic hydroxyl groups is 1. The Morgan fingerprint density at radius 1 is 1.21 bits per heavy atom. The SMILES string of the molecule is C=C(/C(N)=C1/C(=NCC(C)=O)CCC1C)N1CCC(O)(CF)CC1.CCCCC(CCC)c1cccc(C(F)(F)F)c1C. The van der Waals surface area contributed by atoms with Crippen molar-refractivity contribution < 1.29 is 27.5 Å². The molecule has 2 unspecified atom stereocenters. The number of unbranched alkanes of at least 4 members (excludes halogenated alkanes) is 1. The van der Waals surface area contributed by atoms with Gasteiger partial charge in [0.15, 0.2) is 5.78 Å². The number of Topliss-reactive ketones (excluding diaryl/α,β-unsaturated/α-hetero) is 1. The number of hydrogen-bond acceptors (Lipinski definition) is 5. The van der Waals surface area contributed by atoms with E-state index in [2.05, 4.69) is 32.3 Å². The van der Waals surface area contributed by atoms with Gasteiger partial charge >= 0.3 is 6.18 Å². The first-order valence-corrected chi connectivity index (χ1v) is 15.6. The third-order valence-electron chi connectivity index (χ3n) is 8.70. The van der Waals surface area contributed by atoms with Crippen LogP contribution in [0.2, 0.25) is 0 Å². The van der Waals surface area contributed by atoms with Crippen molar-refractivity contribution in [3.05, 3.63) is 58.4 Å². The predicted octanol–water partition coefficient (Wildman–Crippen LogP) is 8.06. The maximum absolute atomic E-state index is 12.9. The Hall–Kier alpha value is -2.68. The van der Waals surface area contributed by atoms with Crippen molar-refractivity contribution >= 4 is 11.5 Å². The summed E-state index contributed by atoms with van der Waals surface area (Å²) in [6.45, 7) is 14.0. The van der Waals surface area contributed by atoms with E-state index in [1.807, 2.05) is 11.0 Å². The fourth-order valence-corrected chi connectivity index (χ4v) is 6.02. The van der Waals surface area contributed by atoms with Crippen molar-refractivity contribution in [1.29, 1.82) is 0 Å². The van der Waals surface area contributed by atoms with Gasteiger partial charge < -0.3 is 15.7 Å². The normalized spacial score (nSPS) is 21.3. The molecule has 1 aromatic rings. The maximum Gasteiger partial charge on any atom is 0.416 e. The van der Waals surface area contributed by atoms with Crippen molar-refractivity contribution in [2.75, 3.05) is 26.3 Å². The summed E-state index contributed by atoms with van der Waals surface area (Å²) in [6, 6.07) is 4.59. The van der Waals surface area contributed by atoms with E-state index in [9.17, 15) is 27.5 Å². The highest BCUT2D eigenvalue weighted by Crippen LogP contribution is 2.37. The Bertz CT molecular complexity index is 1150. The van der Waals surface area contributed by atoms with Crippen molar-refractivity contribution in [2.24, 2.45) is 16.6 Å². The van der Waals surface area contributed by atoms with Gasteiger partial charge in [-0.05, 0) is 81.4 Å². The molecule has 242 valence electrons. The van der Waals surface area contributed by atoms with E-state index in [-0.39, 0.29) is 24.2 Å². The standard InChI is InChI=1S/C18H28FN3O2.C16H23F3/c1-12-4-5-15(21-10-13(2)23)16(12)17(20)14(3)22-8-6-18(24,11-19)7-9-22;1-4-6-9-13(8-5-2)14-10-7-11-15(12(14)3)16(17,18)19/h12,24H,3-11,20H2,1-2H3;7,10-11,13H,4-6,8-9H2,1-3H3/b17-16-,21-15?;. The van der Waals surface area contributed by atoms with E-state index < -0.39 is 24.0 Å². The molecule has 1 aliphatic carbocycles. The number of alkyl halides is 4. The lowest BCUT2D eigenvalue weighted by molar-refractivity contribution is -0.138. The summed E-state index contributed by atoms with van der Waals surface area (Å²) in [4.78, 5) is 17.6. The molecule has 0 spiro atoms. The molecule has 1 saturated heterocycles. The molecule has 2 atom stereocenters. The topological polar surface area (TPSA) is 78.9 Å². The van der Waals surface area contributed by atoms with Crippen LogP contribution < -0.4 is 5.73 Å². The number of nitrogens with two attached hydrogens (primary N) is 1. The van der Waals surface area contributed by atoms with Gasteiger partial charge in [-0.3, -0.25) is 9.79 Å². The zero-order chi connectivity index (χ0) is 32.4. The van der Waals surface area contributed by atoms with E-state index in [1.54, 1.807) is 13.0 Å². The number of nitrogens with zero attached hydrogens (tertiary/aromatic N) is 2. The maximum atomic E-state index is 12.9. The monoisotopic (exact) mass is 609 g/mol. The summed E-state index contributed by atoms with van der Waals surface area (Å²) >= 11 is 0. The second-order valence-corrected chi connectivity index (χ2v) is 12.2. The molecular formula is C34H51F4N3O2. The molecule has 2 aliphatic rings. The number of hydrogen-bond donors (Lipinski definition) is 2. The van der Waals surface area contributed by atoms with Crippen LogP contribution in [0.3, 0.4) is 0 Å². The van der Waals surface area contributed by atoms with Gasteiger partial charge in [-0.2, -0.15) is 13.2 Å². The molecule has 1 aliphatic heterocycles. The zero-order valence-corrected chi connectivity index (χ0v) is 26.6. The number of halogens is 4. The molecule has 0 amide bonds. The number of piperidine rings is 1. The van der Waals surface area contributed by atoms with Crippen LogP contribution in [0, 0.1) is 12.8 Å². The number of carbonyl (C=O) groups excluding carboxylic acids is 1. The van der Waals surface area contributed by atoms with Crippen LogP contribution in [0.1, 0.15) is 108 Å². The van der Waals surface area contributed by atoms with E-state index in [0.717, 1.165) is 61.8 Å². The minimum absolute atomic E-state index is 0.0281. The molecule has 3 rings (SSSR count). The van der Waals surface area contributed by atoms with Crippen LogP contribution in [-0.2, 0) is 11.0 Å². The van der Waals surface area contributed by atoms with Gasteiger partial charge in [0.25, 0.3) is 0 Å². The highest BCUT2D eigenvalue weighted by atomic mass is 19.4. The Labute approximate surface area is 255 Å². The Morgan fingerprint density at radius 3 is 2.40 bits per heavy atom. The van der Waals surface area contributed by atoms with E-state index in [4.69, 9.17) is 5.73 Å². The van der Waals surface area contributed by atoms with Crippen molar-refractivity contribution in [3.8, 4) is 0 Å². The Kier molecular flexibility index (Phi) is 13.9. The molecule has 1 aromatic carbocycles. The largest absolute Gasteiger partial charge is 0.416 e. The van der Waals surface area contributed by atoms with Gasteiger partial charge in [0.05, 0.1) is 29.1 Å². The minimum Gasteiger partial charge on any atom is -0.397 e. The first kappa shape index (κ1) is 36.5. The van der Waals surface area contributed by atoms with E-state index in [1.165, 1.54) is 13.0 Å². The number of ketones is 1. The summed E-state index contributed by atoms with van der Waals surface area (Å²) in [5.41, 5.74) is 9.15. The summed E-state index contributed by atoms with van der Waals surface area (Å²) in [7, 11) is 0. The van der Waals surface area contributed by atoms with Crippen LogP contribution >= 0.6 is 0 Å². The first-order chi connectivity index (χ1) is 20.2. The van der Waals surface area contributed by atoms with Crippen molar-refractivity contribution in [2.45, 2.75) is 110 Å².